The fourth-order valence-corrected chi connectivity index (χ4v) is 7.01. The number of nitrogens with two attached hydrogens (primary N) is 1. The fraction of sp³-hybridized carbons (Fsp3) is 0.189. The van der Waals surface area contributed by atoms with E-state index < -0.39 is 82.4 Å². The van der Waals surface area contributed by atoms with Gasteiger partial charge >= 0.3 is 139 Å². The predicted octanol–water partition coefficient (Wildman–Crippen LogP) is 7.04. The number of halogens is 13. The van der Waals surface area contributed by atoms with Crippen molar-refractivity contribution in [3.63, 3.8) is 0 Å². The van der Waals surface area contributed by atoms with Crippen molar-refractivity contribution in [2.75, 3.05) is 0 Å². The molecule has 6 aromatic rings. The maximum absolute atomic E-state index is 14.7. The van der Waals surface area contributed by atoms with E-state index in [-0.39, 0.29) is 146 Å². The van der Waals surface area contributed by atoms with Crippen molar-refractivity contribution < 1.29 is 200 Å². The summed E-state index contributed by atoms with van der Waals surface area (Å²) in [5, 5.41) is 11.0. The van der Waals surface area contributed by atoms with E-state index in [4.69, 9.17) is 32.1 Å². The molecule has 0 aliphatic carbocycles. The van der Waals surface area contributed by atoms with Crippen LogP contribution in [0.25, 0.3) is 0 Å². The minimum Gasteiger partial charge on any atom is -1.00 e. The zero-order valence-corrected chi connectivity index (χ0v) is 49.1. The van der Waals surface area contributed by atoms with Crippen molar-refractivity contribution >= 4 is 29.6 Å². The van der Waals surface area contributed by atoms with Gasteiger partial charge < -0.3 is 41.6 Å². The zero-order chi connectivity index (χ0) is 57.7. The summed E-state index contributed by atoms with van der Waals surface area (Å²) in [6, 6.07) is 32.0. The van der Waals surface area contributed by atoms with Gasteiger partial charge in [-0.25, -0.2) is 27.2 Å². The summed E-state index contributed by atoms with van der Waals surface area (Å²) in [7, 11) is 0. The number of carbonyl (C=O) groups excluding carboxylic acids is 3. The molecule has 3 N–H and O–H groups in total. The summed E-state index contributed by atoms with van der Waals surface area (Å²) in [4.78, 5) is 33.7. The number of allylic oxidation sites excluding steroid dienone is 2. The van der Waals surface area contributed by atoms with Crippen molar-refractivity contribution in [3.8, 4) is 11.5 Å². The summed E-state index contributed by atoms with van der Waals surface area (Å²) in [5.41, 5.74) is 4.27. The normalized spacial score (nSPS) is 12.2. The Hall–Kier alpha value is -4.75. The van der Waals surface area contributed by atoms with Gasteiger partial charge in [0.15, 0.2) is 0 Å². The molecule has 0 aromatic heterocycles. The second kappa shape index (κ2) is 33.9. The molecule has 2 atom stereocenters. The predicted molar refractivity (Wildman–Crippen MR) is 255 cm³/mol. The molecule has 0 unspecified atom stereocenters. The van der Waals surface area contributed by atoms with Gasteiger partial charge in [-0.2, -0.15) is 35.1 Å². The minimum absolute atomic E-state index is 0. The van der Waals surface area contributed by atoms with E-state index in [0.29, 0.717) is 29.0 Å². The molecule has 1 amide bonds. The third-order valence-electron chi connectivity index (χ3n) is 9.98. The minimum atomic E-state index is -4.91. The van der Waals surface area contributed by atoms with Gasteiger partial charge in [0, 0.05) is 30.2 Å². The van der Waals surface area contributed by atoms with E-state index in [1.807, 2.05) is 0 Å². The Morgan fingerprint density at radius 3 is 1.35 bits per heavy atom. The second-order valence-corrected chi connectivity index (χ2v) is 16.3. The van der Waals surface area contributed by atoms with Crippen LogP contribution in [-0.4, -0.2) is 43.1 Å². The molecular weight excluding hydrogens is 1150 g/mol. The molecule has 11 nitrogen and oxygen atoms in total. The Bertz CT molecular complexity index is 2900. The molecule has 79 heavy (non-hydrogen) atoms. The Balaban J connectivity index is 0.00000128. The summed E-state index contributed by atoms with van der Waals surface area (Å²) >= 11 is 4.75. The molecule has 0 radical (unpaired) electrons. The van der Waals surface area contributed by atoms with E-state index in [1.54, 1.807) is 67.6 Å². The molecule has 0 heterocycles. The molecule has 6 rings (SSSR count). The molecule has 0 fully saturated rings. The number of benzene rings is 6. The monoisotopic (exact) mass is 1190 g/mol. The third-order valence-corrected chi connectivity index (χ3v) is 10.1. The van der Waals surface area contributed by atoms with Crippen LogP contribution in [0, 0.1) is 23.3 Å². The molecule has 0 saturated carbocycles. The molecule has 0 aliphatic heterocycles. The summed E-state index contributed by atoms with van der Waals surface area (Å²) in [6.07, 6.45) is -19.0. The van der Waals surface area contributed by atoms with Gasteiger partial charge in [0.25, 0.3) is 6.47 Å². The molecule has 6 aromatic carbocycles. The van der Waals surface area contributed by atoms with Gasteiger partial charge in [0.2, 0.25) is 0 Å². The molecule has 0 spiro atoms. The van der Waals surface area contributed by atoms with Crippen molar-refractivity contribution in [3.05, 3.63) is 227 Å². The average molecular weight is 1200 g/mol. The number of rotatable bonds is 18. The van der Waals surface area contributed by atoms with E-state index >= 15 is 0 Å². The van der Waals surface area contributed by atoms with Crippen molar-refractivity contribution in [1.29, 1.82) is 0 Å². The Labute approximate surface area is 536 Å². The smallest absolute Gasteiger partial charge is 1.00 e. The van der Waals surface area contributed by atoms with Crippen LogP contribution in [0.2, 0.25) is 0 Å². The molecule has 26 heteroatoms. The molecule has 414 valence electrons. The summed E-state index contributed by atoms with van der Waals surface area (Å²) < 4.78 is 178. The van der Waals surface area contributed by atoms with E-state index in [1.165, 1.54) is 31.2 Å². The average Bonchev–Trinajstić information content (AvgIpc) is 3.34. The first-order valence-electron chi connectivity index (χ1n) is 21.7. The second-order valence-electron chi connectivity index (χ2n) is 15.9. The van der Waals surface area contributed by atoms with E-state index in [9.17, 15) is 62.3 Å². The topological polar surface area (TPSA) is 158 Å². The van der Waals surface area contributed by atoms with Crippen LogP contribution in [0.5, 0.6) is 11.5 Å². The van der Waals surface area contributed by atoms with Gasteiger partial charge in [0.1, 0.15) is 34.8 Å². The summed E-state index contributed by atoms with van der Waals surface area (Å²) in [5.74, 6) is -4.65. The van der Waals surface area contributed by atoms with Crippen LogP contribution in [0.4, 0.5) is 62.3 Å². The molecule has 0 aliphatic rings. The third kappa shape index (κ3) is 23.7. The van der Waals surface area contributed by atoms with Crippen LogP contribution in [0.1, 0.15) is 48.7 Å². The molecule has 0 saturated heterocycles. The number of carbonyl (C=O) groups is 3. The Morgan fingerprint density at radius 1 is 0.608 bits per heavy atom. The maximum atomic E-state index is 14.7. The van der Waals surface area contributed by atoms with Crippen LogP contribution in [0.3, 0.4) is 0 Å². The van der Waals surface area contributed by atoms with Crippen LogP contribution in [0.15, 0.2) is 170 Å². The number of nitrogens with one attached hydrogen (secondary N) is 1. The van der Waals surface area contributed by atoms with Crippen LogP contribution in [-0.2, 0) is 43.1 Å². The first-order valence-corrected chi connectivity index (χ1v) is 22.0. The Morgan fingerprint density at radius 2 is 0.987 bits per heavy atom. The van der Waals surface area contributed by atoms with E-state index in [0.717, 1.165) is 54.1 Å². The number of alkyl halides is 8. The van der Waals surface area contributed by atoms with Gasteiger partial charge in [-0.3, -0.25) is 4.79 Å². The number of alkyl carbamates (subject to hydrolysis) is 1. The number of amides is 1. The Kier molecular flexibility index (Phi) is 31.0. The molecular formula is C53H45ClF12K2N2O9. The number of hydrogen-bond donors (Lipinski definition) is 2. The zero-order valence-electron chi connectivity index (χ0n) is 43.1. The van der Waals surface area contributed by atoms with E-state index in [2.05, 4.69) is 37.6 Å². The fourth-order valence-electron chi connectivity index (χ4n) is 6.88. The van der Waals surface area contributed by atoms with Gasteiger partial charge in [-0.05, 0) is 102 Å². The number of ether oxygens (including phenoxy) is 4. The van der Waals surface area contributed by atoms with Crippen LogP contribution < -0.4 is 129 Å². The summed E-state index contributed by atoms with van der Waals surface area (Å²) in [6.45, 7) is 9.51. The first kappa shape index (κ1) is 72.3. The van der Waals surface area contributed by atoms with Crippen molar-refractivity contribution in [2.24, 2.45) is 5.73 Å². The van der Waals surface area contributed by atoms with Gasteiger partial charge in [-0.15, -0.1) is 0 Å². The van der Waals surface area contributed by atoms with Gasteiger partial charge in [0.05, 0.1) is 22.6 Å². The largest absolute Gasteiger partial charge is 1.00 e. The van der Waals surface area contributed by atoms with Crippen LogP contribution >= 0.6 is 11.6 Å². The number of hydrogen-bond acceptors (Lipinski definition) is 10. The van der Waals surface area contributed by atoms with Gasteiger partial charge in [-0.1, -0.05) is 98.1 Å². The van der Waals surface area contributed by atoms with Crippen molar-refractivity contribution in [2.45, 2.75) is 62.8 Å². The standard InChI is InChI=1S/C26H21F6NO3.C22H17F6NO.C4H5ClO2.CH2O3.2K.H/c1-16(2)35-24(34)33-25(15-17-6-4-3-5-7-17,18-8-10-20(27)11-9-18)19-12-21(28)14-22(13-19)36-26(31,32)23(29)30;23-17-8-6-15(7-9-17)21(29,13-14-4-2-1-3-5-14)16-10-18(24)12-19(11-16)30-22(27,28)20(25)26;1-3(2)7-4(5)6;2-1-4-3;;;/h3-14,23H,1,15H2,2H3,(H,33,34);1-12,20H,13,29H2;1H2,2H3;1,3H;;;/q;;;;2*+1;-1/p-1/t25-;21-;;;;;/m11...../s1. The van der Waals surface area contributed by atoms with Crippen molar-refractivity contribution in [1.82, 2.24) is 5.32 Å². The quantitative estimate of drug-likeness (QED) is 0.0174. The SMILES string of the molecule is C=C(C)OC(=O)Cl.C=C(C)OC(=O)N[C@](Cc1ccccc1)(c1ccc(F)cc1)c1cc(F)cc(OC(F)(F)C(F)F)c1.N[C@](Cc1ccccc1)(c1ccc(F)cc1)c1cc(F)cc(OC(F)(F)C(F)F)c1.O=CO[O-].[H-].[K+].[K+]. The first-order chi connectivity index (χ1) is 36.0. The molecule has 0 bridgehead atoms. The maximum Gasteiger partial charge on any atom is 1.00 e.